The van der Waals surface area contributed by atoms with E-state index in [9.17, 15) is 23.1 Å². The maximum atomic E-state index is 14.7. The Bertz CT molecular complexity index is 1400. The van der Waals surface area contributed by atoms with Gasteiger partial charge in [-0.25, -0.2) is 18.2 Å². The number of halogens is 3. The third kappa shape index (κ3) is 4.40. The van der Waals surface area contributed by atoms with Crippen LogP contribution in [0.2, 0.25) is 0 Å². The topological polar surface area (TPSA) is 93.3 Å². The van der Waals surface area contributed by atoms with Crippen LogP contribution in [0.3, 0.4) is 0 Å². The summed E-state index contributed by atoms with van der Waals surface area (Å²) in [5.41, 5.74) is 0.310. The number of likely N-dealkylation sites (tertiary alicyclic amines) is 1. The minimum Gasteiger partial charge on any atom is -0.384 e. The zero-order valence-corrected chi connectivity index (χ0v) is 18.7. The van der Waals surface area contributed by atoms with Crippen molar-refractivity contribution in [2.45, 2.75) is 12.5 Å². The summed E-state index contributed by atoms with van der Waals surface area (Å²) in [4.78, 5) is 21.9. The van der Waals surface area contributed by atoms with E-state index < -0.39 is 34.6 Å². The number of para-hydroxylation sites is 2. The molecule has 3 aromatic carbocycles. The average molecular weight is 481 g/mol. The first-order valence-electron chi connectivity index (χ1n) is 10.9. The summed E-state index contributed by atoms with van der Waals surface area (Å²) in [5.74, 6) is -3.27. The average Bonchev–Trinajstić information content (AvgIpc) is 3.23. The number of aryl methyl sites for hydroxylation is 1. The number of aromatic amines is 1. The van der Waals surface area contributed by atoms with Gasteiger partial charge in [0.2, 0.25) is 5.95 Å². The molecule has 5 rings (SSSR count). The molecule has 1 saturated heterocycles. The molecule has 0 unspecified atom stereocenters. The van der Waals surface area contributed by atoms with Gasteiger partial charge in [-0.15, -0.1) is 0 Å². The van der Waals surface area contributed by atoms with Gasteiger partial charge in [-0.1, -0.05) is 18.2 Å². The molecule has 180 valence electrons. The van der Waals surface area contributed by atoms with E-state index in [1.54, 1.807) is 13.0 Å². The number of nitrogens with zero attached hydrogens (tertiary/aromatic N) is 2. The summed E-state index contributed by atoms with van der Waals surface area (Å²) in [6.07, 6.45) is 0. The van der Waals surface area contributed by atoms with Gasteiger partial charge in [-0.2, -0.15) is 0 Å². The number of amides is 1. The van der Waals surface area contributed by atoms with Crippen LogP contribution in [-0.2, 0) is 0 Å². The summed E-state index contributed by atoms with van der Waals surface area (Å²) >= 11 is 0. The molecule has 1 aliphatic heterocycles. The van der Waals surface area contributed by atoms with E-state index in [1.165, 1.54) is 17.0 Å². The number of aromatic nitrogens is 2. The molecule has 7 nitrogen and oxygen atoms in total. The number of aliphatic hydroxyl groups is 1. The molecule has 0 radical (unpaired) electrons. The van der Waals surface area contributed by atoms with Gasteiger partial charge in [0.15, 0.2) is 11.6 Å². The molecule has 1 fully saturated rings. The quantitative estimate of drug-likeness (QED) is 0.329. The smallest absolute Gasteiger partial charge is 0.256 e. The Balaban J connectivity index is 1.29. The van der Waals surface area contributed by atoms with Crippen molar-refractivity contribution in [1.29, 1.82) is 0 Å². The van der Waals surface area contributed by atoms with E-state index in [-0.39, 0.29) is 30.9 Å². The monoisotopic (exact) mass is 481 g/mol. The van der Waals surface area contributed by atoms with Crippen molar-refractivity contribution < 1.29 is 23.1 Å². The molecule has 2 heterocycles. The number of nitrogens with one attached hydrogen (secondary N) is 3. The number of fused-ring (bicyclic) bond motifs is 1. The molecule has 0 bridgehead atoms. The van der Waals surface area contributed by atoms with Gasteiger partial charge >= 0.3 is 0 Å². The van der Waals surface area contributed by atoms with E-state index in [2.05, 4.69) is 20.6 Å². The zero-order valence-electron chi connectivity index (χ0n) is 18.7. The molecule has 35 heavy (non-hydrogen) atoms. The van der Waals surface area contributed by atoms with Gasteiger partial charge < -0.3 is 25.6 Å². The lowest BCUT2D eigenvalue weighted by Gasteiger charge is -2.46. The fourth-order valence-corrected chi connectivity index (χ4v) is 4.08. The van der Waals surface area contributed by atoms with Gasteiger partial charge in [0, 0.05) is 6.54 Å². The number of anilines is 3. The van der Waals surface area contributed by atoms with Crippen LogP contribution in [-0.4, -0.2) is 51.1 Å². The van der Waals surface area contributed by atoms with Crippen LogP contribution >= 0.6 is 0 Å². The number of β-amino-alcohol motifs (C(OH)–C–C–N with tert-alkyl or cyclic N) is 1. The first-order valence-corrected chi connectivity index (χ1v) is 10.9. The highest BCUT2D eigenvalue weighted by Gasteiger charge is 2.44. The molecule has 1 aromatic heterocycles. The fourth-order valence-electron chi connectivity index (χ4n) is 4.08. The molecule has 1 amide bonds. The van der Waals surface area contributed by atoms with Crippen molar-refractivity contribution in [3.8, 4) is 0 Å². The fraction of sp³-hybridized carbons (Fsp3) is 0.200. The lowest BCUT2D eigenvalue weighted by atomic mass is 9.93. The highest BCUT2D eigenvalue weighted by Crippen LogP contribution is 2.31. The maximum Gasteiger partial charge on any atom is 0.256 e. The Morgan fingerprint density at radius 2 is 1.89 bits per heavy atom. The largest absolute Gasteiger partial charge is 0.384 e. The van der Waals surface area contributed by atoms with Crippen molar-refractivity contribution in [2.75, 3.05) is 30.3 Å². The minimum atomic E-state index is -1.29. The van der Waals surface area contributed by atoms with Crippen molar-refractivity contribution >= 4 is 34.3 Å². The van der Waals surface area contributed by atoms with Crippen LogP contribution in [0.1, 0.15) is 15.9 Å². The van der Waals surface area contributed by atoms with Crippen LogP contribution in [0, 0.1) is 24.4 Å². The molecule has 1 aliphatic rings. The van der Waals surface area contributed by atoms with Crippen LogP contribution in [0.15, 0.2) is 54.6 Å². The van der Waals surface area contributed by atoms with E-state index in [0.29, 0.717) is 11.5 Å². The van der Waals surface area contributed by atoms with E-state index >= 15 is 0 Å². The number of hydrogen-bond acceptors (Lipinski definition) is 5. The van der Waals surface area contributed by atoms with E-state index in [1.807, 2.05) is 24.3 Å². The molecule has 0 spiro atoms. The van der Waals surface area contributed by atoms with E-state index in [4.69, 9.17) is 0 Å². The number of carbonyl (C=O) groups excluding carboxylic acids is 1. The molecule has 10 heteroatoms. The Kier molecular flexibility index (Phi) is 5.60. The highest BCUT2D eigenvalue weighted by atomic mass is 19.2. The normalized spacial score (nSPS) is 14.6. The second-order valence-electron chi connectivity index (χ2n) is 8.73. The number of rotatable bonds is 6. The third-order valence-electron chi connectivity index (χ3n) is 5.94. The zero-order chi connectivity index (χ0) is 24.7. The summed E-state index contributed by atoms with van der Waals surface area (Å²) < 4.78 is 42.9. The number of imidazole rings is 1. The third-order valence-corrected chi connectivity index (χ3v) is 5.94. The van der Waals surface area contributed by atoms with Crippen LogP contribution in [0.25, 0.3) is 11.0 Å². The van der Waals surface area contributed by atoms with Gasteiger partial charge in [0.05, 0.1) is 41.1 Å². The van der Waals surface area contributed by atoms with Crippen LogP contribution < -0.4 is 10.6 Å². The van der Waals surface area contributed by atoms with Crippen molar-refractivity contribution in [2.24, 2.45) is 0 Å². The van der Waals surface area contributed by atoms with Gasteiger partial charge in [0.25, 0.3) is 5.91 Å². The Labute approximate surface area is 198 Å². The molecular weight excluding hydrogens is 459 g/mol. The number of carbonyl (C=O) groups is 1. The first-order chi connectivity index (χ1) is 16.7. The molecule has 4 N–H and O–H groups in total. The molecule has 0 atom stereocenters. The maximum absolute atomic E-state index is 14.7. The molecule has 4 aromatic rings. The molecular formula is C25H22F3N5O2. The summed E-state index contributed by atoms with van der Waals surface area (Å²) in [5, 5.41) is 16.3. The molecule has 0 aliphatic carbocycles. The SMILES string of the molecule is Cc1ccc(Nc2c(C(=O)N3CC(O)(CNc4nc5ccccc5[nH]4)C3)ccc(F)c2F)c(F)c1. The van der Waals surface area contributed by atoms with Crippen molar-refractivity contribution in [3.05, 3.63) is 83.2 Å². The highest BCUT2D eigenvalue weighted by molar-refractivity contribution is 6.01. The van der Waals surface area contributed by atoms with Gasteiger partial charge in [0.1, 0.15) is 11.4 Å². The summed E-state index contributed by atoms with van der Waals surface area (Å²) in [6.45, 7) is 1.75. The van der Waals surface area contributed by atoms with Gasteiger partial charge in [-0.3, -0.25) is 4.79 Å². The van der Waals surface area contributed by atoms with Crippen molar-refractivity contribution in [1.82, 2.24) is 14.9 Å². The predicted octanol–water partition coefficient (Wildman–Crippen LogP) is 4.33. The molecule has 0 saturated carbocycles. The standard InChI is InChI=1S/C25H22F3N5O2/c1-14-6-9-18(17(27)10-14)30-22-15(7-8-16(26)21(22)28)23(34)33-12-25(35,13-33)11-29-24-31-19-4-2-3-5-20(19)32-24/h2-10,30,35H,11-13H2,1H3,(H2,29,31,32). The van der Waals surface area contributed by atoms with Gasteiger partial charge in [-0.05, 0) is 48.9 Å². The lowest BCUT2D eigenvalue weighted by molar-refractivity contribution is -0.0707. The Morgan fingerprint density at radius 1 is 1.11 bits per heavy atom. The minimum absolute atomic E-state index is 0.0314. The summed E-state index contributed by atoms with van der Waals surface area (Å²) in [6, 6.07) is 13.7. The number of hydrogen-bond donors (Lipinski definition) is 4. The second kappa shape index (κ2) is 8.62. The number of benzene rings is 3. The Morgan fingerprint density at radius 3 is 2.63 bits per heavy atom. The van der Waals surface area contributed by atoms with Crippen LogP contribution in [0.5, 0.6) is 0 Å². The lowest BCUT2D eigenvalue weighted by Crippen LogP contribution is -2.66. The van der Waals surface area contributed by atoms with Crippen LogP contribution in [0.4, 0.5) is 30.5 Å². The second-order valence-corrected chi connectivity index (χ2v) is 8.73. The first kappa shape index (κ1) is 22.7. The van der Waals surface area contributed by atoms with E-state index in [0.717, 1.165) is 23.2 Å². The number of H-pyrrole nitrogens is 1. The van der Waals surface area contributed by atoms with Crippen molar-refractivity contribution in [3.63, 3.8) is 0 Å². The predicted molar refractivity (Wildman–Crippen MR) is 126 cm³/mol. The summed E-state index contributed by atoms with van der Waals surface area (Å²) in [7, 11) is 0. The Hall–Kier alpha value is -4.05.